The number of hydrogen-bond acceptors (Lipinski definition) is 3. The molecule has 0 amide bonds. The zero-order valence-electron chi connectivity index (χ0n) is 11.5. The van der Waals surface area contributed by atoms with Gasteiger partial charge in [-0.2, -0.15) is 0 Å². The topological polar surface area (TPSA) is 24.5 Å². The van der Waals surface area contributed by atoms with Crippen LogP contribution in [0.2, 0.25) is 0 Å². The average molecular weight is 248 g/mol. The van der Waals surface area contributed by atoms with Crippen molar-refractivity contribution in [1.29, 1.82) is 0 Å². The van der Waals surface area contributed by atoms with Gasteiger partial charge in [0.25, 0.3) is 0 Å². The highest BCUT2D eigenvalue weighted by molar-refractivity contribution is 5.44. The Labute approximate surface area is 110 Å². The van der Waals surface area contributed by atoms with E-state index in [2.05, 4.69) is 41.4 Å². The number of hydrogen-bond donors (Lipinski definition) is 1. The second-order valence-electron chi connectivity index (χ2n) is 5.20. The molecule has 100 valence electrons. The smallest absolute Gasteiger partial charge is 0.0503 e. The normalized spacial score (nSPS) is 20.2. The summed E-state index contributed by atoms with van der Waals surface area (Å²) in [4.78, 5) is 2.52. The maximum atomic E-state index is 5.22. The van der Waals surface area contributed by atoms with Crippen LogP contribution in [0.15, 0.2) is 24.3 Å². The standard InChI is InChI=1S/C15H24N2O/c1-13-3-5-15(6-4-13)16-8-10-17-9-7-14(11-17)12-18-2/h3-6,14,16H,7-12H2,1-2H3. The second-order valence-corrected chi connectivity index (χ2v) is 5.20. The number of ether oxygens (including phenoxy) is 1. The molecule has 0 radical (unpaired) electrons. The molecule has 1 heterocycles. The lowest BCUT2D eigenvalue weighted by atomic mass is 10.1. The van der Waals surface area contributed by atoms with Crippen molar-refractivity contribution in [2.45, 2.75) is 13.3 Å². The van der Waals surface area contributed by atoms with Gasteiger partial charge in [-0.3, -0.25) is 0 Å². The van der Waals surface area contributed by atoms with E-state index in [1.807, 2.05) is 0 Å². The summed E-state index contributed by atoms with van der Waals surface area (Å²) in [6, 6.07) is 8.58. The predicted octanol–water partition coefficient (Wildman–Crippen LogP) is 2.38. The molecule has 1 fully saturated rings. The van der Waals surface area contributed by atoms with Gasteiger partial charge in [0.05, 0.1) is 6.61 Å². The molecule has 1 unspecified atom stereocenters. The summed E-state index contributed by atoms with van der Waals surface area (Å²) in [5, 5.41) is 3.47. The van der Waals surface area contributed by atoms with Gasteiger partial charge in [-0.15, -0.1) is 0 Å². The van der Waals surface area contributed by atoms with Crippen LogP contribution in [0.5, 0.6) is 0 Å². The lowest BCUT2D eigenvalue weighted by Crippen LogP contribution is -2.27. The van der Waals surface area contributed by atoms with Crippen LogP contribution in [0.3, 0.4) is 0 Å². The number of rotatable bonds is 6. The van der Waals surface area contributed by atoms with E-state index < -0.39 is 0 Å². The van der Waals surface area contributed by atoms with Crippen molar-refractivity contribution in [2.75, 3.05) is 45.2 Å². The molecule has 1 atom stereocenters. The molecule has 3 nitrogen and oxygen atoms in total. The van der Waals surface area contributed by atoms with Crippen LogP contribution in [0.25, 0.3) is 0 Å². The highest BCUT2D eigenvalue weighted by Crippen LogP contribution is 2.16. The molecule has 0 bridgehead atoms. The van der Waals surface area contributed by atoms with Gasteiger partial charge in [-0.05, 0) is 37.9 Å². The molecule has 1 aliphatic heterocycles. The molecule has 3 heteroatoms. The van der Waals surface area contributed by atoms with Gasteiger partial charge in [-0.1, -0.05) is 17.7 Å². The van der Waals surface area contributed by atoms with Crippen molar-refractivity contribution in [3.63, 3.8) is 0 Å². The first-order chi connectivity index (χ1) is 8.78. The molecule has 1 saturated heterocycles. The van der Waals surface area contributed by atoms with E-state index in [1.54, 1.807) is 7.11 Å². The van der Waals surface area contributed by atoms with Gasteiger partial charge < -0.3 is 15.0 Å². The first-order valence-corrected chi connectivity index (χ1v) is 6.80. The summed E-state index contributed by atoms with van der Waals surface area (Å²) in [5.74, 6) is 0.731. The third-order valence-corrected chi connectivity index (χ3v) is 3.58. The number of likely N-dealkylation sites (tertiary alicyclic amines) is 1. The van der Waals surface area contributed by atoms with E-state index in [1.165, 1.54) is 30.8 Å². The van der Waals surface area contributed by atoms with Gasteiger partial charge >= 0.3 is 0 Å². The summed E-state index contributed by atoms with van der Waals surface area (Å²) >= 11 is 0. The Morgan fingerprint density at radius 1 is 1.33 bits per heavy atom. The number of aryl methyl sites for hydroxylation is 1. The Bertz CT molecular complexity index is 350. The second kappa shape index (κ2) is 6.76. The Morgan fingerprint density at radius 3 is 2.83 bits per heavy atom. The SMILES string of the molecule is COCC1CCN(CCNc2ccc(C)cc2)C1. The first kappa shape index (κ1) is 13.4. The lowest BCUT2D eigenvalue weighted by Gasteiger charge is -2.16. The van der Waals surface area contributed by atoms with Gasteiger partial charge in [0.15, 0.2) is 0 Å². The largest absolute Gasteiger partial charge is 0.384 e. The molecular formula is C15H24N2O. The summed E-state index contributed by atoms with van der Waals surface area (Å²) in [7, 11) is 1.79. The highest BCUT2D eigenvalue weighted by Gasteiger charge is 2.21. The van der Waals surface area contributed by atoms with E-state index in [0.717, 1.165) is 25.6 Å². The zero-order valence-corrected chi connectivity index (χ0v) is 11.5. The van der Waals surface area contributed by atoms with Crippen molar-refractivity contribution >= 4 is 5.69 Å². The monoisotopic (exact) mass is 248 g/mol. The summed E-state index contributed by atoms with van der Waals surface area (Å²) in [6.07, 6.45) is 1.28. The summed E-state index contributed by atoms with van der Waals surface area (Å²) in [6.45, 7) is 7.55. The average Bonchev–Trinajstić information content (AvgIpc) is 2.80. The Hall–Kier alpha value is -1.06. The van der Waals surface area contributed by atoms with E-state index in [0.29, 0.717) is 0 Å². The van der Waals surface area contributed by atoms with Crippen LogP contribution >= 0.6 is 0 Å². The van der Waals surface area contributed by atoms with Gasteiger partial charge in [0.2, 0.25) is 0 Å². The van der Waals surface area contributed by atoms with Crippen molar-refractivity contribution < 1.29 is 4.74 Å². The van der Waals surface area contributed by atoms with Crippen LogP contribution in [0.4, 0.5) is 5.69 Å². The van der Waals surface area contributed by atoms with Crippen LogP contribution in [-0.2, 0) is 4.74 Å². The lowest BCUT2D eigenvalue weighted by molar-refractivity contribution is 0.153. The minimum atomic E-state index is 0.731. The van der Waals surface area contributed by atoms with E-state index in [-0.39, 0.29) is 0 Å². The minimum Gasteiger partial charge on any atom is -0.384 e. The molecule has 0 aliphatic carbocycles. The summed E-state index contributed by atoms with van der Waals surface area (Å²) < 4.78 is 5.22. The Kier molecular flexibility index (Phi) is 5.02. The van der Waals surface area contributed by atoms with Crippen LogP contribution in [0.1, 0.15) is 12.0 Å². The van der Waals surface area contributed by atoms with Gasteiger partial charge in [-0.25, -0.2) is 0 Å². The molecule has 1 aromatic rings. The fourth-order valence-corrected chi connectivity index (χ4v) is 2.52. The molecule has 1 aliphatic rings. The molecular weight excluding hydrogens is 224 g/mol. The fourth-order valence-electron chi connectivity index (χ4n) is 2.52. The van der Waals surface area contributed by atoms with E-state index in [4.69, 9.17) is 4.74 Å². The molecule has 0 saturated carbocycles. The molecule has 2 rings (SSSR count). The maximum absolute atomic E-state index is 5.22. The molecule has 18 heavy (non-hydrogen) atoms. The molecule has 1 aromatic carbocycles. The van der Waals surface area contributed by atoms with Crippen LogP contribution in [-0.4, -0.2) is 44.8 Å². The van der Waals surface area contributed by atoms with Gasteiger partial charge in [0.1, 0.15) is 0 Å². The maximum Gasteiger partial charge on any atom is 0.0503 e. The van der Waals surface area contributed by atoms with E-state index >= 15 is 0 Å². The molecule has 0 spiro atoms. The van der Waals surface area contributed by atoms with Gasteiger partial charge in [0, 0.05) is 32.4 Å². The van der Waals surface area contributed by atoms with Crippen LogP contribution < -0.4 is 5.32 Å². The highest BCUT2D eigenvalue weighted by atomic mass is 16.5. The number of benzene rings is 1. The number of methoxy groups -OCH3 is 1. The summed E-state index contributed by atoms with van der Waals surface area (Å²) in [5.41, 5.74) is 2.52. The predicted molar refractivity (Wildman–Crippen MR) is 76.1 cm³/mol. The third-order valence-electron chi connectivity index (χ3n) is 3.58. The quantitative estimate of drug-likeness (QED) is 0.836. The Morgan fingerprint density at radius 2 is 2.11 bits per heavy atom. The number of nitrogens with one attached hydrogen (secondary N) is 1. The first-order valence-electron chi connectivity index (χ1n) is 6.80. The molecule has 0 aromatic heterocycles. The number of anilines is 1. The van der Waals surface area contributed by atoms with Crippen molar-refractivity contribution in [1.82, 2.24) is 4.90 Å². The number of nitrogens with zero attached hydrogens (tertiary/aromatic N) is 1. The van der Waals surface area contributed by atoms with E-state index in [9.17, 15) is 0 Å². The van der Waals surface area contributed by atoms with Crippen LogP contribution in [0, 0.1) is 12.8 Å². The van der Waals surface area contributed by atoms with Crippen molar-refractivity contribution in [2.24, 2.45) is 5.92 Å². The minimum absolute atomic E-state index is 0.731. The van der Waals surface area contributed by atoms with Crippen molar-refractivity contribution in [3.05, 3.63) is 29.8 Å². The zero-order chi connectivity index (χ0) is 12.8. The third kappa shape index (κ3) is 4.00. The Balaban J connectivity index is 1.65. The fraction of sp³-hybridized carbons (Fsp3) is 0.600. The van der Waals surface area contributed by atoms with Crippen molar-refractivity contribution in [3.8, 4) is 0 Å². The molecule has 1 N–H and O–H groups in total.